The van der Waals surface area contributed by atoms with Gasteiger partial charge in [-0.1, -0.05) is 0 Å². The van der Waals surface area contributed by atoms with Gasteiger partial charge in [0.1, 0.15) is 11.9 Å². The smallest absolute Gasteiger partial charge is 0.339 e. The van der Waals surface area contributed by atoms with Gasteiger partial charge in [0.05, 0.1) is 18.2 Å². The van der Waals surface area contributed by atoms with Crippen LogP contribution in [0, 0.1) is 0 Å². The van der Waals surface area contributed by atoms with Gasteiger partial charge in [0.15, 0.2) is 5.78 Å². The molecule has 0 saturated carbocycles. The lowest BCUT2D eigenvalue weighted by Crippen LogP contribution is -2.28. The second-order valence-electron chi connectivity index (χ2n) is 4.57. The van der Waals surface area contributed by atoms with Gasteiger partial charge in [-0.2, -0.15) is 0 Å². The molecule has 6 heteroatoms. The molecule has 6 nitrogen and oxygen atoms in total. The number of benzene rings is 1. The number of methoxy groups -OCH3 is 1. The maximum atomic E-state index is 12.0. The summed E-state index contributed by atoms with van der Waals surface area (Å²) in [6.07, 6.45) is 1.71. The topological polar surface area (TPSA) is 89.9 Å². The number of ketones is 1. The zero-order valence-corrected chi connectivity index (χ0v) is 11.6. The van der Waals surface area contributed by atoms with Crippen LogP contribution in [0.5, 0.6) is 5.75 Å². The molecule has 1 aromatic carbocycles. The summed E-state index contributed by atoms with van der Waals surface area (Å²) in [5, 5.41) is 8.63. The summed E-state index contributed by atoms with van der Waals surface area (Å²) in [5.41, 5.74) is 1.17. The highest BCUT2D eigenvalue weighted by Gasteiger charge is 2.30. The molecule has 0 aliphatic carbocycles. The van der Waals surface area contributed by atoms with E-state index >= 15 is 0 Å². The minimum atomic E-state index is -1.13. The molecule has 110 valence electrons. The van der Waals surface area contributed by atoms with Crippen molar-refractivity contribution in [2.24, 2.45) is 0 Å². The fourth-order valence-electron chi connectivity index (χ4n) is 2.33. The van der Waals surface area contributed by atoms with Crippen molar-refractivity contribution in [2.45, 2.75) is 19.4 Å². The van der Waals surface area contributed by atoms with Crippen molar-refractivity contribution in [1.82, 2.24) is 0 Å². The summed E-state index contributed by atoms with van der Waals surface area (Å²) >= 11 is 0. The van der Waals surface area contributed by atoms with Crippen LogP contribution in [-0.4, -0.2) is 36.0 Å². The molecule has 0 amide bonds. The van der Waals surface area contributed by atoms with Gasteiger partial charge in [-0.15, -0.1) is 0 Å². The largest absolute Gasteiger partial charge is 0.496 e. The number of Topliss-reactive ketones (excluding diaryl/α,β-unsaturated/α-hetero) is 1. The summed E-state index contributed by atoms with van der Waals surface area (Å²) in [7, 11) is 1.44. The molecule has 0 unspecified atom stereocenters. The van der Waals surface area contributed by atoms with Crippen LogP contribution >= 0.6 is 0 Å². The van der Waals surface area contributed by atoms with Crippen LogP contribution in [0.25, 0.3) is 0 Å². The van der Waals surface area contributed by atoms with E-state index in [1.807, 2.05) is 0 Å². The van der Waals surface area contributed by atoms with E-state index in [1.165, 1.54) is 20.1 Å². The summed E-state index contributed by atoms with van der Waals surface area (Å²) in [4.78, 5) is 34.3. The zero-order valence-electron chi connectivity index (χ0n) is 11.6. The normalized spacial score (nSPS) is 17.2. The Balaban J connectivity index is 2.49. The van der Waals surface area contributed by atoms with Crippen molar-refractivity contribution < 1.29 is 29.0 Å². The molecule has 0 fully saturated rings. The van der Waals surface area contributed by atoms with Crippen LogP contribution in [-0.2, 0) is 16.0 Å². The fourth-order valence-corrected chi connectivity index (χ4v) is 2.33. The number of rotatable bonds is 4. The molecule has 0 spiro atoms. The molecule has 1 aliphatic rings. The van der Waals surface area contributed by atoms with Crippen molar-refractivity contribution in [2.75, 3.05) is 7.11 Å². The van der Waals surface area contributed by atoms with Crippen LogP contribution in [0.4, 0.5) is 0 Å². The lowest BCUT2D eigenvalue weighted by Gasteiger charge is -2.24. The van der Waals surface area contributed by atoms with Crippen LogP contribution in [0.3, 0.4) is 0 Å². The Hall–Kier alpha value is -2.63. The molecule has 21 heavy (non-hydrogen) atoms. The average molecular weight is 290 g/mol. The highest BCUT2D eigenvalue weighted by Crippen LogP contribution is 2.31. The number of aliphatic carboxylic acids is 1. The number of esters is 1. The van der Waals surface area contributed by atoms with Crippen LogP contribution in [0.1, 0.15) is 33.2 Å². The molecule has 1 atom stereocenters. The van der Waals surface area contributed by atoms with E-state index in [4.69, 9.17) is 14.6 Å². The van der Waals surface area contributed by atoms with Gasteiger partial charge >= 0.3 is 11.9 Å². The first-order chi connectivity index (χ1) is 9.93. The number of carbonyl (C=O) groups excluding carboxylic acids is 2. The van der Waals surface area contributed by atoms with E-state index in [-0.39, 0.29) is 12.2 Å². The first-order valence-corrected chi connectivity index (χ1v) is 6.27. The zero-order chi connectivity index (χ0) is 15.6. The monoisotopic (exact) mass is 290 g/mol. The summed E-state index contributed by atoms with van der Waals surface area (Å²) < 4.78 is 10.3. The van der Waals surface area contributed by atoms with E-state index in [9.17, 15) is 14.4 Å². The van der Waals surface area contributed by atoms with Gasteiger partial charge in [-0.05, 0) is 30.7 Å². The number of cyclic esters (lactones) is 1. The quantitative estimate of drug-likeness (QED) is 0.515. The van der Waals surface area contributed by atoms with E-state index in [1.54, 1.807) is 12.1 Å². The Morgan fingerprint density at radius 2 is 2.14 bits per heavy atom. The molecule has 0 saturated heterocycles. The molecule has 0 bridgehead atoms. The van der Waals surface area contributed by atoms with Gasteiger partial charge in [-0.25, -0.2) is 9.59 Å². The molecule has 1 heterocycles. The summed E-state index contributed by atoms with van der Waals surface area (Å²) in [5.74, 6) is -1.55. The van der Waals surface area contributed by atoms with Crippen LogP contribution in [0.2, 0.25) is 0 Å². The van der Waals surface area contributed by atoms with Crippen molar-refractivity contribution in [1.29, 1.82) is 0 Å². The van der Waals surface area contributed by atoms with E-state index < -0.39 is 18.0 Å². The van der Waals surface area contributed by atoms with Gasteiger partial charge in [0.25, 0.3) is 0 Å². The Kier molecular flexibility index (Phi) is 4.07. The fraction of sp³-hybridized carbons (Fsp3) is 0.267. The minimum absolute atomic E-state index is 0.223. The average Bonchev–Trinajstić information content (AvgIpc) is 2.43. The van der Waals surface area contributed by atoms with Crippen LogP contribution in [0.15, 0.2) is 24.3 Å². The number of fused-ring (bicyclic) bond motifs is 1. The Bertz CT molecular complexity index is 644. The second kappa shape index (κ2) is 5.78. The lowest BCUT2D eigenvalue weighted by atomic mass is 9.91. The molecular weight excluding hydrogens is 276 g/mol. The number of hydrogen-bond donors (Lipinski definition) is 1. The second-order valence-corrected chi connectivity index (χ2v) is 4.57. The van der Waals surface area contributed by atoms with Crippen molar-refractivity contribution in [3.8, 4) is 5.75 Å². The van der Waals surface area contributed by atoms with Crippen LogP contribution < -0.4 is 4.74 Å². The predicted octanol–water partition coefficient (Wildman–Crippen LogP) is 1.62. The molecule has 1 aromatic rings. The first kappa shape index (κ1) is 14.8. The molecule has 0 aromatic heterocycles. The number of hydrogen-bond acceptors (Lipinski definition) is 5. The molecule has 1 aliphatic heterocycles. The Morgan fingerprint density at radius 3 is 2.71 bits per heavy atom. The Labute approximate surface area is 121 Å². The molecule has 0 radical (unpaired) electrons. The van der Waals surface area contributed by atoms with E-state index in [0.29, 0.717) is 22.4 Å². The highest BCUT2D eigenvalue weighted by molar-refractivity contribution is 6.03. The summed E-state index contributed by atoms with van der Waals surface area (Å²) in [6.45, 7) is 1.39. The van der Waals surface area contributed by atoms with Crippen molar-refractivity contribution in [3.63, 3.8) is 0 Å². The molecule has 1 N–H and O–H groups in total. The van der Waals surface area contributed by atoms with Crippen molar-refractivity contribution in [3.05, 3.63) is 41.0 Å². The third-order valence-corrected chi connectivity index (χ3v) is 3.18. The summed E-state index contributed by atoms with van der Waals surface area (Å²) in [6, 6.07) is 3.09. The van der Waals surface area contributed by atoms with E-state index in [0.717, 1.165) is 6.08 Å². The maximum absolute atomic E-state index is 12.0. The van der Waals surface area contributed by atoms with Gasteiger partial charge in [0.2, 0.25) is 0 Å². The lowest BCUT2D eigenvalue weighted by molar-refractivity contribution is -0.131. The molecular formula is C15H14O6. The van der Waals surface area contributed by atoms with Gasteiger partial charge < -0.3 is 14.6 Å². The third kappa shape index (κ3) is 2.94. The predicted molar refractivity (Wildman–Crippen MR) is 72.7 cm³/mol. The first-order valence-electron chi connectivity index (χ1n) is 6.27. The highest BCUT2D eigenvalue weighted by atomic mass is 16.5. The number of ether oxygens (including phenoxy) is 2. The van der Waals surface area contributed by atoms with Crippen molar-refractivity contribution >= 4 is 17.7 Å². The molecule has 2 rings (SSSR count). The standard InChI is InChI=1S/C15H14O6/c1-8(16)14-11-7-9(3-6-13(17)18)21-15(19)10(11)4-5-12(14)20-2/h3-6,9H,7H2,1-2H3,(H,17,18)/t9-/m1/s1. The SMILES string of the molecule is COc1ccc2c(c1C(C)=O)C[C@@H](C=CC(=O)O)OC2=O. The Morgan fingerprint density at radius 1 is 1.43 bits per heavy atom. The van der Waals surface area contributed by atoms with E-state index in [2.05, 4.69) is 0 Å². The maximum Gasteiger partial charge on any atom is 0.339 e. The number of carboxylic acid groups (broad SMARTS) is 1. The van der Waals surface area contributed by atoms with Gasteiger partial charge in [-0.3, -0.25) is 4.79 Å². The number of carbonyl (C=O) groups is 3. The number of carboxylic acids is 1. The minimum Gasteiger partial charge on any atom is -0.496 e. The third-order valence-electron chi connectivity index (χ3n) is 3.18. The van der Waals surface area contributed by atoms with Gasteiger partial charge in [0, 0.05) is 12.5 Å².